The molecule has 0 saturated carbocycles. The van der Waals surface area contributed by atoms with Gasteiger partial charge in [0.1, 0.15) is 12.1 Å². The third-order valence-electron chi connectivity index (χ3n) is 5.38. The van der Waals surface area contributed by atoms with Gasteiger partial charge in [-0.2, -0.15) is 4.31 Å². The molecular weight excluding hydrogens is 408 g/mol. The molecular formula is C18H23ClN2O6S. The number of hydrogen-bond donors (Lipinski definition) is 2. The number of likely N-dealkylation sites (tertiary alicyclic amines) is 1. The van der Waals surface area contributed by atoms with E-state index in [-0.39, 0.29) is 24.4 Å². The molecule has 0 unspecified atom stereocenters. The number of aliphatic hydroxyl groups excluding tert-OH is 1. The lowest BCUT2D eigenvalue weighted by atomic mass is 10.1. The van der Waals surface area contributed by atoms with Gasteiger partial charge in [0.25, 0.3) is 0 Å². The normalized spacial score (nSPS) is 26.0. The molecule has 0 radical (unpaired) electrons. The highest BCUT2D eigenvalue weighted by Crippen LogP contribution is 2.32. The van der Waals surface area contributed by atoms with Crippen LogP contribution >= 0.6 is 11.6 Å². The van der Waals surface area contributed by atoms with Crippen LogP contribution in [0.4, 0.5) is 0 Å². The summed E-state index contributed by atoms with van der Waals surface area (Å²) >= 11 is 6.07. The molecule has 1 aromatic carbocycles. The second kappa shape index (κ2) is 7.62. The highest BCUT2D eigenvalue weighted by atomic mass is 35.5. The van der Waals surface area contributed by atoms with Crippen LogP contribution < -0.4 is 0 Å². The predicted octanol–water partition coefficient (Wildman–Crippen LogP) is 1.16. The van der Waals surface area contributed by atoms with Crippen LogP contribution in [0, 0.1) is 13.8 Å². The van der Waals surface area contributed by atoms with Crippen molar-refractivity contribution in [2.45, 2.75) is 56.2 Å². The molecule has 10 heteroatoms. The van der Waals surface area contributed by atoms with Gasteiger partial charge in [0.15, 0.2) is 0 Å². The van der Waals surface area contributed by atoms with E-state index in [1.807, 2.05) is 0 Å². The first-order valence-electron chi connectivity index (χ1n) is 9.04. The summed E-state index contributed by atoms with van der Waals surface area (Å²) in [7, 11) is -3.97. The first-order valence-corrected chi connectivity index (χ1v) is 10.9. The number of β-amino-alcohol motifs (C(OH)–C–C–N with tert-alkyl or cyclic N) is 1. The molecule has 3 rings (SSSR count). The molecule has 154 valence electrons. The average Bonchev–Trinajstić information content (AvgIpc) is 3.24. The summed E-state index contributed by atoms with van der Waals surface area (Å²) in [5.41, 5.74) is 1.09. The Bertz CT molecular complexity index is 919. The molecule has 0 aliphatic carbocycles. The summed E-state index contributed by atoms with van der Waals surface area (Å²) in [6.45, 7) is 3.41. The summed E-state index contributed by atoms with van der Waals surface area (Å²) in [4.78, 5) is 25.6. The number of aliphatic carboxylic acids is 1. The molecule has 1 aromatic rings. The van der Waals surface area contributed by atoms with E-state index in [0.29, 0.717) is 29.0 Å². The van der Waals surface area contributed by atoms with E-state index in [9.17, 15) is 28.2 Å². The standard InChI is InChI=1S/C18H23ClN2O6S/c1-10-7-16(11(2)6-13(10)19)28(26,27)21-5-3-4-14(21)17(23)20-9-12(22)8-15(20)18(24)25/h6-7,12,14-15,22H,3-5,8-9H2,1-2H3,(H,24,25)/t12-,14+,15+/m0/s1. The van der Waals surface area contributed by atoms with Crippen LogP contribution in [0.25, 0.3) is 0 Å². The van der Waals surface area contributed by atoms with E-state index in [2.05, 4.69) is 0 Å². The predicted molar refractivity (Wildman–Crippen MR) is 102 cm³/mol. The molecule has 2 heterocycles. The smallest absolute Gasteiger partial charge is 0.326 e. The van der Waals surface area contributed by atoms with Crippen molar-refractivity contribution in [2.24, 2.45) is 0 Å². The SMILES string of the molecule is Cc1cc(S(=O)(=O)N2CCC[C@@H]2C(=O)N2C[C@@H](O)C[C@@H]2C(=O)O)c(C)cc1Cl. The van der Waals surface area contributed by atoms with Gasteiger partial charge in [0.2, 0.25) is 15.9 Å². The maximum atomic E-state index is 13.3. The van der Waals surface area contributed by atoms with Crippen LogP contribution in [-0.2, 0) is 19.6 Å². The number of aliphatic hydroxyl groups is 1. The Balaban J connectivity index is 1.93. The number of hydrogen-bond acceptors (Lipinski definition) is 5. The van der Waals surface area contributed by atoms with Gasteiger partial charge in [0, 0.05) is 24.5 Å². The number of carbonyl (C=O) groups is 2. The third-order valence-corrected chi connectivity index (χ3v) is 7.84. The van der Waals surface area contributed by atoms with E-state index < -0.39 is 40.1 Å². The van der Waals surface area contributed by atoms with Crippen molar-refractivity contribution in [3.63, 3.8) is 0 Å². The topological polar surface area (TPSA) is 115 Å². The summed E-state index contributed by atoms with van der Waals surface area (Å²) < 4.78 is 27.7. The van der Waals surface area contributed by atoms with Gasteiger partial charge in [-0.25, -0.2) is 13.2 Å². The molecule has 2 saturated heterocycles. The fourth-order valence-corrected chi connectivity index (χ4v) is 6.08. The van der Waals surface area contributed by atoms with Crippen LogP contribution in [0.15, 0.2) is 17.0 Å². The molecule has 28 heavy (non-hydrogen) atoms. The van der Waals surface area contributed by atoms with Crippen molar-refractivity contribution in [3.8, 4) is 0 Å². The van der Waals surface area contributed by atoms with E-state index >= 15 is 0 Å². The second-order valence-corrected chi connectivity index (χ2v) is 9.64. The number of rotatable bonds is 4. The number of carbonyl (C=O) groups excluding carboxylic acids is 1. The lowest BCUT2D eigenvalue weighted by Crippen LogP contribution is -2.51. The Morgan fingerprint density at radius 2 is 1.86 bits per heavy atom. The maximum Gasteiger partial charge on any atom is 0.326 e. The number of nitrogens with zero attached hydrogens (tertiary/aromatic N) is 2. The zero-order valence-corrected chi connectivity index (χ0v) is 17.2. The van der Waals surface area contributed by atoms with Crippen molar-refractivity contribution in [2.75, 3.05) is 13.1 Å². The van der Waals surface area contributed by atoms with Gasteiger partial charge < -0.3 is 15.1 Å². The van der Waals surface area contributed by atoms with Gasteiger partial charge in [-0.3, -0.25) is 4.79 Å². The van der Waals surface area contributed by atoms with E-state index in [4.69, 9.17) is 11.6 Å². The van der Waals surface area contributed by atoms with Crippen molar-refractivity contribution >= 4 is 33.5 Å². The minimum atomic E-state index is -3.97. The van der Waals surface area contributed by atoms with Crippen LogP contribution in [0.5, 0.6) is 0 Å². The van der Waals surface area contributed by atoms with Gasteiger partial charge in [0.05, 0.1) is 11.0 Å². The molecule has 8 nitrogen and oxygen atoms in total. The van der Waals surface area contributed by atoms with E-state index in [0.717, 1.165) is 9.21 Å². The van der Waals surface area contributed by atoms with Crippen LogP contribution in [0.3, 0.4) is 0 Å². The fourth-order valence-electron chi connectivity index (χ4n) is 3.92. The Morgan fingerprint density at radius 1 is 1.18 bits per heavy atom. The quantitative estimate of drug-likeness (QED) is 0.740. The van der Waals surface area contributed by atoms with Gasteiger partial charge >= 0.3 is 5.97 Å². The first-order chi connectivity index (χ1) is 13.0. The summed E-state index contributed by atoms with van der Waals surface area (Å²) in [5.74, 6) is -1.78. The average molecular weight is 431 g/mol. The molecule has 2 N–H and O–H groups in total. The van der Waals surface area contributed by atoms with Crippen molar-refractivity contribution in [1.82, 2.24) is 9.21 Å². The Labute approximate surface area is 168 Å². The van der Waals surface area contributed by atoms with E-state index in [1.165, 1.54) is 6.07 Å². The molecule has 2 aliphatic heterocycles. The zero-order valence-electron chi connectivity index (χ0n) is 15.6. The molecule has 3 atom stereocenters. The lowest BCUT2D eigenvalue weighted by Gasteiger charge is -2.29. The molecule has 2 aliphatic rings. The Hall–Kier alpha value is -1.68. The highest BCUT2D eigenvalue weighted by Gasteiger charge is 2.46. The molecule has 2 fully saturated rings. The minimum Gasteiger partial charge on any atom is -0.480 e. The molecule has 0 bridgehead atoms. The molecule has 1 amide bonds. The maximum absolute atomic E-state index is 13.3. The number of sulfonamides is 1. The Kier molecular flexibility index (Phi) is 5.73. The van der Waals surface area contributed by atoms with E-state index in [1.54, 1.807) is 19.9 Å². The number of carboxylic acid groups (broad SMARTS) is 1. The summed E-state index contributed by atoms with van der Waals surface area (Å²) in [5, 5.41) is 19.6. The van der Waals surface area contributed by atoms with Crippen molar-refractivity contribution in [3.05, 3.63) is 28.3 Å². The third kappa shape index (κ3) is 3.63. The first kappa shape index (κ1) is 21.0. The van der Waals surface area contributed by atoms with Crippen LogP contribution in [0.2, 0.25) is 5.02 Å². The molecule has 0 spiro atoms. The molecule has 0 aromatic heterocycles. The van der Waals surface area contributed by atoms with Crippen LogP contribution in [0.1, 0.15) is 30.4 Å². The van der Waals surface area contributed by atoms with Gasteiger partial charge in [-0.1, -0.05) is 11.6 Å². The van der Waals surface area contributed by atoms with Gasteiger partial charge in [-0.05, 0) is 49.9 Å². The minimum absolute atomic E-state index is 0.0595. The van der Waals surface area contributed by atoms with Gasteiger partial charge in [-0.15, -0.1) is 0 Å². The second-order valence-electron chi connectivity index (χ2n) is 7.37. The number of halogens is 1. The number of amides is 1. The fraction of sp³-hybridized carbons (Fsp3) is 0.556. The summed E-state index contributed by atoms with van der Waals surface area (Å²) in [6, 6.07) is 0.945. The zero-order chi connectivity index (χ0) is 20.8. The summed E-state index contributed by atoms with van der Waals surface area (Å²) in [6.07, 6.45) is -0.189. The highest BCUT2D eigenvalue weighted by molar-refractivity contribution is 7.89. The van der Waals surface area contributed by atoms with Crippen molar-refractivity contribution < 1.29 is 28.2 Å². The number of aryl methyl sites for hydroxylation is 2. The Morgan fingerprint density at radius 3 is 2.50 bits per heavy atom. The number of benzene rings is 1. The monoisotopic (exact) mass is 430 g/mol. The lowest BCUT2D eigenvalue weighted by molar-refractivity contribution is -0.149. The largest absolute Gasteiger partial charge is 0.480 e. The van der Waals surface area contributed by atoms with Crippen molar-refractivity contribution in [1.29, 1.82) is 0 Å². The van der Waals surface area contributed by atoms with Crippen LogP contribution in [-0.4, -0.2) is 71.0 Å². The number of carboxylic acids is 1.